The summed E-state index contributed by atoms with van der Waals surface area (Å²) in [7, 11) is 0. The smallest absolute Gasteiger partial charge is 0.0966 e. The van der Waals surface area contributed by atoms with E-state index >= 15 is 0 Å². The molecule has 1 aromatic carbocycles. The zero-order valence-corrected chi connectivity index (χ0v) is 8.02. The molecule has 0 saturated heterocycles. The second-order valence-electron chi connectivity index (χ2n) is 2.60. The van der Waals surface area contributed by atoms with E-state index in [9.17, 15) is 0 Å². The SMILES string of the molecule is Cc1cc(C#CCC#N)ccc1Cl. The highest BCUT2D eigenvalue weighted by Gasteiger charge is 1.93. The van der Waals surface area contributed by atoms with Gasteiger partial charge in [-0.15, -0.1) is 0 Å². The molecule has 1 nitrogen and oxygen atoms in total. The quantitative estimate of drug-likeness (QED) is 0.576. The molecule has 0 spiro atoms. The topological polar surface area (TPSA) is 23.8 Å². The molecule has 0 aliphatic rings. The third-order valence-electron chi connectivity index (χ3n) is 1.56. The average molecular weight is 190 g/mol. The van der Waals surface area contributed by atoms with Crippen LogP contribution in [0.15, 0.2) is 18.2 Å². The minimum absolute atomic E-state index is 0.266. The number of hydrogen-bond donors (Lipinski definition) is 0. The van der Waals surface area contributed by atoms with Crippen LogP contribution in [0.1, 0.15) is 17.5 Å². The lowest BCUT2D eigenvalue weighted by atomic mass is 10.1. The number of halogens is 1. The molecular formula is C11H8ClN. The van der Waals surface area contributed by atoms with Crippen LogP contribution in [0, 0.1) is 30.1 Å². The fourth-order valence-corrected chi connectivity index (χ4v) is 1.03. The van der Waals surface area contributed by atoms with Crippen LogP contribution in [-0.2, 0) is 0 Å². The third-order valence-corrected chi connectivity index (χ3v) is 1.98. The first-order valence-corrected chi connectivity index (χ1v) is 4.24. The van der Waals surface area contributed by atoms with Gasteiger partial charge in [0.05, 0.1) is 12.5 Å². The van der Waals surface area contributed by atoms with E-state index in [1.165, 1.54) is 0 Å². The highest BCUT2D eigenvalue weighted by molar-refractivity contribution is 6.31. The number of hydrogen-bond acceptors (Lipinski definition) is 1. The minimum atomic E-state index is 0.266. The van der Waals surface area contributed by atoms with Crippen LogP contribution in [0.3, 0.4) is 0 Å². The van der Waals surface area contributed by atoms with Gasteiger partial charge in [0.25, 0.3) is 0 Å². The van der Waals surface area contributed by atoms with Crippen LogP contribution < -0.4 is 0 Å². The lowest BCUT2D eigenvalue weighted by Crippen LogP contribution is -1.78. The largest absolute Gasteiger partial charge is 0.197 e. The monoisotopic (exact) mass is 189 g/mol. The van der Waals surface area contributed by atoms with Crippen LogP contribution in [-0.4, -0.2) is 0 Å². The van der Waals surface area contributed by atoms with Crippen molar-refractivity contribution >= 4 is 11.6 Å². The average Bonchev–Trinajstić information content (AvgIpc) is 2.12. The highest BCUT2D eigenvalue weighted by Crippen LogP contribution is 2.15. The Morgan fingerprint density at radius 3 is 2.85 bits per heavy atom. The predicted molar refractivity (Wildman–Crippen MR) is 53.3 cm³/mol. The van der Waals surface area contributed by atoms with Crippen molar-refractivity contribution in [2.24, 2.45) is 0 Å². The number of benzene rings is 1. The molecule has 64 valence electrons. The van der Waals surface area contributed by atoms with Gasteiger partial charge in [0.2, 0.25) is 0 Å². The van der Waals surface area contributed by atoms with Crippen molar-refractivity contribution in [2.75, 3.05) is 0 Å². The van der Waals surface area contributed by atoms with Crippen molar-refractivity contribution in [3.8, 4) is 17.9 Å². The Labute approximate surface area is 83.0 Å². The van der Waals surface area contributed by atoms with Crippen LogP contribution >= 0.6 is 11.6 Å². The van der Waals surface area contributed by atoms with Gasteiger partial charge in [-0.25, -0.2) is 0 Å². The summed E-state index contributed by atoms with van der Waals surface area (Å²) >= 11 is 5.84. The van der Waals surface area contributed by atoms with Crippen LogP contribution in [0.4, 0.5) is 0 Å². The van der Waals surface area contributed by atoms with Gasteiger partial charge < -0.3 is 0 Å². The lowest BCUT2D eigenvalue weighted by Gasteiger charge is -1.96. The molecule has 0 N–H and O–H groups in total. The van der Waals surface area contributed by atoms with Gasteiger partial charge in [0, 0.05) is 10.6 Å². The maximum atomic E-state index is 8.27. The van der Waals surface area contributed by atoms with E-state index in [-0.39, 0.29) is 6.42 Å². The summed E-state index contributed by atoms with van der Waals surface area (Å²) in [6.45, 7) is 1.93. The number of nitrogens with zero attached hydrogens (tertiary/aromatic N) is 1. The maximum Gasteiger partial charge on any atom is 0.0966 e. The van der Waals surface area contributed by atoms with Crippen molar-refractivity contribution in [3.05, 3.63) is 34.3 Å². The van der Waals surface area contributed by atoms with Gasteiger partial charge in [0.1, 0.15) is 0 Å². The Hall–Kier alpha value is -1.44. The van der Waals surface area contributed by atoms with Crippen molar-refractivity contribution in [1.29, 1.82) is 5.26 Å². The Kier molecular flexibility index (Phi) is 3.38. The molecule has 0 aliphatic carbocycles. The van der Waals surface area contributed by atoms with Gasteiger partial charge in [0.15, 0.2) is 0 Å². The number of nitriles is 1. The molecule has 0 amide bonds. The summed E-state index contributed by atoms with van der Waals surface area (Å²) in [5.41, 5.74) is 1.91. The van der Waals surface area contributed by atoms with Crippen molar-refractivity contribution < 1.29 is 0 Å². The van der Waals surface area contributed by atoms with E-state index in [1.807, 2.05) is 31.2 Å². The number of aryl methyl sites for hydroxylation is 1. The van der Waals surface area contributed by atoms with Gasteiger partial charge in [-0.2, -0.15) is 5.26 Å². The first-order valence-electron chi connectivity index (χ1n) is 3.86. The molecule has 1 aromatic rings. The molecule has 0 saturated carbocycles. The molecule has 0 heterocycles. The summed E-state index contributed by atoms with van der Waals surface area (Å²) in [6.07, 6.45) is 0.266. The van der Waals surface area contributed by atoms with Gasteiger partial charge in [-0.1, -0.05) is 23.4 Å². The minimum Gasteiger partial charge on any atom is -0.197 e. The zero-order chi connectivity index (χ0) is 9.68. The molecule has 0 unspecified atom stereocenters. The molecule has 0 bridgehead atoms. The molecule has 2 heteroatoms. The van der Waals surface area contributed by atoms with E-state index in [1.54, 1.807) is 0 Å². The molecule has 0 aromatic heterocycles. The summed E-state index contributed by atoms with van der Waals surface area (Å²) in [4.78, 5) is 0. The van der Waals surface area contributed by atoms with E-state index in [0.717, 1.165) is 16.1 Å². The van der Waals surface area contributed by atoms with Crippen LogP contribution in [0.2, 0.25) is 5.02 Å². The molecule has 0 aliphatic heterocycles. The number of rotatable bonds is 0. The van der Waals surface area contributed by atoms with Crippen LogP contribution in [0.25, 0.3) is 0 Å². The van der Waals surface area contributed by atoms with Gasteiger partial charge in [-0.05, 0) is 30.7 Å². The molecule has 1 rings (SSSR count). The Bertz CT molecular complexity index is 404. The summed E-state index contributed by atoms with van der Waals surface area (Å²) in [5, 5.41) is 9.01. The van der Waals surface area contributed by atoms with E-state index in [4.69, 9.17) is 16.9 Å². The summed E-state index contributed by atoms with van der Waals surface area (Å²) in [6, 6.07) is 7.53. The Morgan fingerprint density at radius 1 is 1.46 bits per heavy atom. The first-order chi connectivity index (χ1) is 6.24. The van der Waals surface area contributed by atoms with E-state index in [2.05, 4.69) is 11.8 Å². The second kappa shape index (κ2) is 4.55. The van der Waals surface area contributed by atoms with E-state index in [0.29, 0.717) is 0 Å². The zero-order valence-electron chi connectivity index (χ0n) is 7.26. The fourth-order valence-electron chi connectivity index (χ4n) is 0.908. The standard InChI is InChI=1S/C11H8ClN/c1-9-8-10(4-2-3-7-13)5-6-11(9)12/h5-6,8H,3H2,1H3. The van der Waals surface area contributed by atoms with Crippen molar-refractivity contribution in [2.45, 2.75) is 13.3 Å². The predicted octanol–water partition coefficient (Wildman–Crippen LogP) is 2.91. The Morgan fingerprint density at radius 2 is 2.23 bits per heavy atom. The molecule has 0 atom stereocenters. The third kappa shape index (κ3) is 2.82. The van der Waals surface area contributed by atoms with Gasteiger partial charge in [-0.3, -0.25) is 0 Å². The molecular weight excluding hydrogens is 182 g/mol. The lowest BCUT2D eigenvalue weighted by molar-refractivity contribution is 1.39. The van der Waals surface area contributed by atoms with E-state index < -0.39 is 0 Å². The highest BCUT2D eigenvalue weighted by atomic mass is 35.5. The molecule has 0 radical (unpaired) electrons. The molecule has 0 fully saturated rings. The van der Waals surface area contributed by atoms with Crippen molar-refractivity contribution in [3.63, 3.8) is 0 Å². The van der Waals surface area contributed by atoms with Crippen molar-refractivity contribution in [1.82, 2.24) is 0 Å². The second-order valence-corrected chi connectivity index (χ2v) is 3.01. The molecule has 13 heavy (non-hydrogen) atoms. The summed E-state index contributed by atoms with van der Waals surface area (Å²) in [5.74, 6) is 5.63. The Balaban J connectivity index is 2.89. The van der Waals surface area contributed by atoms with Crippen LogP contribution in [0.5, 0.6) is 0 Å². The fraction of sp³-hybridized carbons (Fsp3) is 0.182. The summed E-state index contributed by atoms with van der Waals surface area (Å²) < 4.78 is 0. The normalized spacial score (nSPS) is 8.38. The maximum absolute atomic E-state index is 8.27. The first kappa shape index (κ1) is 9.65. The van der Waals surface area contributed by atoms with Gasteiger partial charge >= 0.3 is 0 Å².